The van der Waals surface area contributed by atoms with E-state index in [-0.39, 0.29) is 6.07 Å². The summed E-state index contributed by atoms with van der Waals surface area (Å²) in [5, 5.41) is 2.66. The van der Waals surface area contributed by atoms with E-state index in [2.05, 4.69) is 5.32 Å². The minimum absolute atomic E-state index is 0.301. The average molecular weight is 360 g/mol. The number of alkyl halides is 1. The zero-order chi connectivity index (χ0) is 18.5. The lowest BCUT2D eigenvalue weighted by Gasteiger charge is -2.33. The number of ether oxygens (including phenoxy) is 2. The predicted octanol–water partition coefficient (Wildman–Crippen LogP) is 4.16. The number of halogens is 2. The third kappa shape index (κ3) is 5.67. The number of hydrogen-bond donors (Lipinski definition) is 1. The highest BCUT2D eigenvalue weighted by atomic mass is 35.5. The Bertz CT molecular complexity index is 581. The summed E-state index contributed by atoms with van der Waals surface area (Å²) < 4.78 is 23.3. The van der Waals surface area contributed by atoms with Gasteiger partial charge in [0.1, 0.15) is 11.4 Å². The Labute approximate surface area is 146 Å². The number of carbonyl (C=O) groups is 2. The van der Waals surface area contributed by atoms with Gasteiger partial charge in [0.25, 0.3) is 0 Å². The summed E-state index contributed by atoms with van der Waals surface area (Å²) in [7, 11) is 0. The van der Waals surface area contributed by atoms with Gasteiger partial charge in [0.15, 0.2) is 6.07 Å². The van der Waals surface area contributed by atoms with Crippen molar-refractivity contribution in [1.82, 2.24) is 5.32 Å². The molecular weight excluding hydrogens is 337 g/mol. The molecule has 0 saturated carbocycles. The van der Waals surface area contributed by atoms with Gasteiger partial charge in [-0.15, -0.1) is 0 Å². The van der Waals surface area contributed by atoms with Gasteiger partial charge in [-0.3, -0.25) is 4.79 Å². The molecule has 0 aliphatic carbocycles. The number of rotatable bonds is 5. The van der Waals surface area contributed by atoms with Gasteiger partial charge in [-0.1, -0.05) is 23.7 Å². The summed E-state index contributed by atoms with van der Waals surface area (Å²) in [6, 6.07) is 4.40. The van der Waals surface area contributed by atoms with E-state index in [9.17, 15) is 14.0 Å². The summed E-state index contributed by atoms with van der Waals surface area (Å²) in [5.74, 6) is -1.02. The fourth-order valence-electron chi connectivity index (χ4n) is 2.11. The van der Waals surface area contributed by atoms with E-state index < -0.39 is 34.9 Å². The molecule has 1 atom stereocenters. The molecule has 0 heterocycles. The van der Waals surface area contributed by atoms with Gasteiger partial charge >= 0.3 is 12.1 Å². The Kier molecular flexibility index (Phi) is 6.60. The van der Waals surface area contributed by atoms with Crippen molar-refractivity contribution >= 4 is 23.7 Å². The summed E-state index contributed by atoms with van der Waals surface area (Å²) >= 11 is 5.46. The lowest BCUT2D eigenvalue weighted by molar-refractivity contribution is -0.153. The van der Waals surface area contributed by atoms with Crippen LogP contribution in [0.1, 0.15) is 46.2 Å². The van der Waals surface area contributed by atoms with Crippen LogP contribution < -0.4 is 5.32 Å². The lowest BCUT2D eigenvalue weighted by atomic mass is 9.80. The van der Waals surface area contributed by atoms with Crippen molar-refractivity contribution in [2.75, 3.05) is 6.07 Å². The van der Waals surface area contributed by atoms with Gasteiger partial charge in [-0.25, -0.2) is 9.18 Å². The predicted molar refractivity (Wildman–Crippen MR) is 89.1 cm³/mol. The third-order valence-electron chi connectivity index (χ3n) is 3.30. The van der Waals surface area contributed by atoms with Gasteiger partial charge in [0.05, 0.1) is 11.5 Å². The quantitative estimate of drug-likeness (QED) is 0.633. The van der Waals surface area contributed by atoms with Gasteiger partial charge < -0.3 is 14.8 Å². The molecule has 1 amide bonds. The molecule has 0 radical (unpaired) electrons. The van der Waals surface area contributed by atoms with E-state index in [0.29, 0.717) is 5.56 Å². The minimum Gasteiger partial charge on any atom is -0.449 e. The van der Waals surface area contributed by atoms with E-state index in [4.69, 9.17) is 21.1 Å². The van der Waals surface area contributed by atoms with Gasteiger partial charge in [-0.05, 0) is 52.3 Å². The molecule has 0 bridgehead atoms. The van der Waals surface area contributed by atoms with E-state index in [1.165, 1.54) is 24.3 Å². The highest BCUT2D eigenvalue weighted by Crippen LogP contribution is 2.35. The van der Waals surface area contributed by atoms with Crippen LogP contribution in [-0.2, 0) is 14.3 Å². The molecule has 1 N–H and O–H groups in total. The second kappa shape index (κ2) is 7.83. The molecule has 1 aromatic rings. The van der Waals surface area contributed by atoms with E-state index in [1.54, 1.807) is 34.6 Å². The number of carbonyl (C=O) groups excluding carboxylic acids is 2. The summed E-state index contributed by atoms with van der Waals surface area (Å²) in [6.07, 6.45) is -0.691. The molecule has 0 saturated heterocycles. The Morgan fingerprint density at radius 2 is 1.71 bits per heavy atom. The van der Waals surface area contributed by atoms with Gasteiger partial charge in [0.2, 0.25) is 0 Å². The Morgan fingerprint density at radius 3 is 2.17 bits per heavy atom. The number of benzene rings is 1. The number of nitrogens with one attached hydrogen (secondary N) is 1. The summed E-state index contributed by atoms with van der Waals surface area (Å²) in [6.45, 7) is 8.39. The summed E-state index contributed by atoms with van der Waals surface area (Å²) in [5.41, 5.74) is -1.30. The molecule has 1 unspecified atom stereocenters. The Balaban J connectivity index is 3.14. The molecule has 0 spiro atoms. The van der Waals surface area contributed by atoms with Crippen LogP contribution in [0.4, 0.5) is 9.18 Å². The smallest absolute Gasteiger partial charge is 0.408 e. The molecule has 0 aliphatic rings. The maximum atomic E-state index is 13.2. The number of hydrogen-bond acceptors (Lipinski definition) is 4. The van der Waals surface area contributed by atoms with Crippen molar-refractivity contribution < 1.29 is 23.5 Å². The first kappa shape index (κ1) is 20.2. The first-order valence-corrected chi connectivity index (χ1v) is 7.99. The van der Waals surface area contributed by atoms with Crippen molar-refractivity contribution in [3.63, 3.8) is 0 Å². The van der Waals surface area contributed by atoms with Gasteiger partial charge in [0, 0.05) is 0 Å². The van der Waals surface area contributed by atoms with Crippen molar-refractivity contribution in [3.8, 4) is 0 Å². The first-order valence-electron chi connectivity index (χ1n) is 7.45. The second-order valence-electron chi connectivity index (χ2n) is 6.89. The zero-order valence-corrected chi connectivity index (χ0v) is 15.2. The molecule has 0 fully saturated rings. The molecule has 24 heavy (non-hydrogen) atoms. The van der Waals surface area contributed by atoms with Gasteiger partial charge in [-0.2, -0.15) is 0 Å². The van der Waals surface area contributed by atoms with Crippen LogP contribution in [0.3, 0.4) is 0 Å². The average Bonchev–Trinajstić information content (AvgIpc) is 2.44. The lowest BCUT2D eigenvalue weighted by Crippen LogP contribution is -2.44. The number of amides is 1. The Hall–Kier alpha value is -1.82. The van der Waals surface area contributed by atoms with Crippen LogP contribution >= 0.6 is 11.6 Å². The second-order valence-corrected chi connectivity index (χ2v) is 7.11. The van der Waals surface area contributed by atoms with Crippen LogP contribution in [0, 0.1) is 11.2 Å². The highest BCUT2D eigenvalue weighted by molar-refractivity contribution is 6.17. The standard InChI is InChI=1S/C17H23ClFNO4/c1-16(2,3)24-15(22)20-13(11-6-8-12(19)9-7-11)17(4,5)14(21)23-10-18/h6-9,13H,10H2,1-5H3,(H,20,22). The monoisotopic (exact) mass is 359 g/mol. The molecule has 1 aromatic carbocycles. The van der Waals surface area contributed by atoms with Crippen molar-refractivity contribution in [3.05, 3.63) is 35.6 Å². The number of alkyl carbamates (subject to hydrolysis) is 1. The fourth-order valence-corrected chi connectivity index (χ4v) is 2.21. The maximum absolute atomic E-state index is 13.2. The normalized spacial score (nSPS) is 13.1. The topological polar surface area (TPSA) is 64.6 Å². The van der Waals surface area contributed by atoms with E-state index in [1.807, 2.05) is 0 Å². The molecule has 1 rings (SSSR count). The molecule has 7 heteroatoms. The van der Waals surface area contributed by atoms with E-state index >= 15 is 0 Å². The third-order valence-corrected chi connectivity index (χ3v) is 3.41. The fraction of sp³-hybridized carbons (Fsp3) is 0.529. The minimum atomic E-state index is -1.15. The van der Waals surface area contributed by atoms with Crippen LogP contribution in [0.2, 0.25) is 0 Å². The summed E-state index contributed by atoms with van der Waals surface area (Å²) in [4.78, 5) is 24.4. The van der Waals surface area contributed by atoms with E-state index in [0.717, 1.165) is 0 Å². The first-order chi connectivity index (χ1) is 11.0. The highest BCUT2D eigenvalue weighted by Gasteiger charge is 2.41. The van der Waals surface area contributed by atoms with Crippen LogP contribution in [-0.4, -0.2) is 23.7 Å². The van der Waals surface area contributed by atoms with Crippen LogP contribution in [0.15, 0.2) is 24.3 Å². The van der Waals surface area contributed by atoms with Crippen LogP contribution in [0.5, 0.6) is 0 Å². The molecule has 0 aliphatic heterocycles. The van der Waals surface area contributed by atoms with Crippen molar-refractivity contribution in [2.45, 2.75) is 46.3 Å². The maximum Gasteiger partial charge on any atom is 0.408 e. The molecule has 0 aromatic heterocycles. The van der Waals surface area contributed by atoms with Crippen LogP contribution in [0.25, 0.3) is 0 Å². The zero-order valence-electron chi connectivity index (χ0n) is 14.5. The number of esters is 1. The molecule has 134 valence electrons. The van der Waals surface area contributed by atoms with Crippen molar-refractivity contribution in [2.24, 2.45) is 5.41 Å². The van der Waals surface area contributed by atoms with Crippen molar-refractivity contribution in [1.29, 1.82) is 0 Å². The molecular formula is C17H23ClFNO4. The largest absolute Gasteiger partial charge is 0.449 e. The molecule has 5 nitrogen and oxygen atoms in total. The Morgan fingerprint density at radius 1 is 1.17 bits per heavy atom. The SMILES string of the molecule is CC(C)(C)OC(=O)NC(c1ccc(F)cc1)C(C)(C)C(=O)OCCl.